The molecule has 0 spiro atoms. The van der Waals surface area contributed by atoms with E-state index >= 15 is 0 Å². The monoisotopic (exact) mass is 275 g/mol. The van der Waals surface area contributed by atoms with Gasteiger partial charge in [-0.15, -0.1) is 0 Å². The average Bonchev–Trinajstić information content (AvgIpc) is 2.90. The Morgan fingerprint density at radius 2 is 1.74 bits per heavy atom. The summed E-state index contributed by atoms with van der Waals surface area (Å²) in [7, 11) is 0. The molecule has 2 aromatic rings. The average molecular weight is 276 g/mol. The largest absolute Gasteiger partial charge is 1.00 e. The van der Waals surface area contributed by atoms with E-state index in [1.165, 1.54) is 12.1 Å². The highest BCUT2D eigenvalue weighted by atomic mass is 35.5. The third-order valence-corrected chi connectivity index (χ3v) is 3.58. The molecule has 0 amide bonds. The first-order valence-corrected chi connectivity index (χ1v) is 6.39. The van der Waals surface area contributed by atoms with E-state index in [9.17, 15) is 0 Å². The second-order valence-electron chi connectivity index (χ2n) is 4.80. The van der Waals surface area contributed by atoms with Crippen LogP contribution in [0, 0.1) is 0 Å². The van der Waals surface area contributed by atoms with Crippen LogP contribution in [0.2, 0.25) is 0 Å². The standard InChI is InChI=1S/C15H18N3.ClH/c16-13-4-6-14(7-5-13)18-11-8-15(12-18)17-9-2-1-3-10-17;/h1-7,9-10,15H,8,11-12,16H2;1H/q+1;/p-1. The molecule has 0 saturated carbocycles. The molecule has 100 valence electrons. The number of benzene rings is 1. The molecule has 1 aliphatic heterocycles. The van der Waals surface area contributed by atoms with Crippen molar-refractivity contribution in [3.05, 3.63) is 54.9 Å². The lowest BCUT2D eigenvalue weighted by atomic mass is 10.2. The fourth-order valence-corrected chi connectivity index (χ4v) is 2.56. The SMILES string of the molecule is Nc1ccc(N2CCC([n+]3ccccc3)C2)cc1.[Cl-]. The Bertz CT molecular complexity index is 513. The van der Waals surface area contributed by atoms with Crippen molar-refractivity contribution in [1.29, 1.82) is 0 Å². The van der Waals surface area contributed by atoms with Crippen LogP contribution >= 0.6 is 0 Å². The van der Waals surface area contributed by atoms with Crippen LogP contribution in [0.1, 0.15) is 12.5 Å². The van der Waals surface area contributed by atoms with Crippen LogP contribution < -0.4 is 27.6 Å². The van der Waals surface area contributed by atoms with Gasteiger partial charge in [-0.3, -0.25) is 0 Å². The van der Waals surface area contributed by atoms with E-state index in [2.05, 4.69) is 52.2 Å². The fraction of sp³-hybridized carbons (Fsp3) is 0.267. The fourth-order valence-electron chi connectivity index (χ4n) is 2.56. The van der Waals surface area contributed by atoms with Gasteiger partial charge < -0.3 is 23.0 Å². The molecule has 0 aliphatic carbocycles. The van der Waals surface area contributed by atoms with Gasteiger partial charge in [0.05, 0.1) is 6.54 Å². The van der Waals surface area contributed by atoms with Crippen molar-refractivity contribution >= 4 is 11.4 Å². The maximum atomic E-state index is 5.72. The van der Waals surface area contributed by atoms with Crippen molar-refractivity contribution in [2.24, 2.45) is 0 Å². The summed E-state index contributed by atoms with van der Waals surface area (Å²) < 4.78 is 2.30. The summed E-state index contributed by atoms with van der Waals surface area (Å²) in [6.07, 6.45) is 5.49. The smallest absolute Gasteiger partial charge is 0.177 e. The van der Waals surface area contributed by atoms with Crippen molar-refractivity contribution in [2.45, 2.75) is 12.5 Å². The number of pyridine rings is 1. The predicted molar refractivity (Wildman–Crippen MR) is 73.4 cm³/mol. The Labute approximate surface area is 120 Å². The summed E-state index contributed by atoms with van der Waals surface area (Å²) in [6, 6.07) is 15.0. The molecule has 2 heterocycles. The van der Waals surface area contributed by atoms with Crippen LogP contribution in [0.5, 0.6) is 0 Å². The number of nitrogens with two attached hydrogens (primary N) is 1. The maximum Gasteiger partial charge on any atom is 0.177 e. The van der Waals surface area contributed by atoms with E-state index in [4.69, 9.17) is 5.73 Å². The van der Waals surface area contributed by atoms with Crippen molar-refractivity contribution < 1.29 is 17.0 Å². The Morgan fingerprint density at radius 3 is 2.42 bits per heavy atom. The molecular weight excluding hydrogens is 258 g/mol. The van der Waals surface area contributed by atoms with Crippen LogP contribution in [0.25, 0.3) is 0 Å². The molecular formula is C15H18ClN3. The molecule has 0 bridgehead atoms. The van der Waals surface area contributed by atoms with E-state index in [0.29, 0.717) is 6.04 Å². The van der Waals surface area contributed by atoms with Gasteiger partial charge >= 0.3 is 0 Å². The van der Waals surface area contributed by atoms with Gasteiger partial charge in [-0.25, -0.2) is 4.57 Å². The zero-order valence-electron chi connectivity index (χ0n) is 10.7. The van der Waals surface area contributed by atoms with Gasteiger partial charge in [0.25, 0.3) is 0 Å². The second-order valence-corrected chi connectivity index (χ2v) is 4.80. The summed E-state index contributed by atoms with van der Waals surface area (Å²) in [6.45, 7) is 2.18. The van der Waals surface area contributed by atoms with Gasteiger partial charge in [-0.2, -0.15) is 0 Å². The molecule has 1 saturated heterocycles. The molecule has 19 heavy (non-hydrogen) atoms. The van der Waals surface area contributed by atoms with Crippen molar-refractivity contribution in [3.63, 3.8) is 0 Å². The topological polar surface area (TPSA) is 33.1 Å². The first-order valence-electron chi connectivity index (χ1n) is 6.39. The molecule has 0 radical (unpaired) electrons. The highest BCUT2D eigenvalue weighted by Gasteiger charge is 2.28. The van der Waals surface area contributed by atoms with E-state index in [1.54, 1.807) is 0 Å². The molecule has 1 aromatic carbocycles. The zero-order valence-corrected chi connectivity index (χ0v) is 11.5. The lowest BCUT2D eigenvalue weighted by Crippen LogP contribution is -3.00. The Morgan fingerprint density at radius 1 is 1.05 bits per heavy atom. The first-order chi connectivity index (χ1) is 8.83. The molecule has 3 nitrogen and oxygen atoms in total. The molecule has 2 N–H and O–H groups in total. The Kier molecular flexibility index (Phi) is 4.27. The van der Waals surface area contributed by atoms with Crippen LogP contribution in [-0.4, -0.2) is 13.1 Å². The third kappa shape index (κ3) is 2.99. The summed E-state index contributed by atoms with van der Waals surface area (Å²) in [5.41, 5.74) is 7.81. The lowest BCUT2D eigenvalue weighted by Gasteiger charge is -2.17. The van der Waals surface area contributed by atoms with E-state index < -0.39 is 0 Å². The number of hydrogen-bond acceptors (Lipinski definition) is 2. The molecule has 1 aromatic heterocycles. The lowest BCUT2D eigenvalue weighted by molar-refractivity contribution is -0.718. The summed E-state index contributed by atoms with van der Waals surface area (Å²) in [4.78, 5) is 2.42. The zero-order chi connectivity index (χ0) is 12.4. The maximum absolute atomic E-state index is 5.72. The summed E-state index contributed by atoms with van der Waals surface area (Å²) in [5, 5.41) is 0. The Balaban J connectivity index is 0.00000133. The van der Waals surface area contributed by atoms with Gasteiger partial charge in [-0.05, 0) is 24.3 Å². The van der Waals surface area contributed by atoms with Crippen LogP contribution in [-0.2, 0) is 0 Å². The Hall–Kier alpha value is -1.74. The number of aromatic nitrogens is 1. The number of hydrogen-bond donors (Lipinski definition) is 1. The van der Waals surface area contributed by atoms with Crippen molar-refractivity contribution in [3.8, 4) is 0 Å². The van der Waals surface area contributed by atoms with Crippen LogP contribution in [0.4, 0.5) is 11.4 Å². The van der Waals surface area contributed by atoms with E-state index in [1.807, 2.05) is 12.1 Å². The quantitative estimate of drug-likeness (QED) is 0.564. The van der Waals surface area contributed by atoms with Crippen molar-refractivity contribution in [2.75, 3.05) is 23.7 Å². The third-order valence-electron chi connectivity index (χ3n) is 3.58. The molecule has 1 atom stereocenters. The minimum atomic E-state index is 0. The van der Waals surface area contributed by atoms with Gasteiger partial charge in [0, 0.05) is 36.5 Å². The number of anilines is 2. The number of rotatable bonds is 2. The molecule has 3 rings (SSSR count). The van der Waals surface area contributed by atoms with E-state index in [0.717, 1.165) is 18.8 Å². The van der Waals surface area contributed by atoms with Gasteiger partial charge in [0.2, 0.25) is 0 Å². The minimum Gasteiger partial charge on any atom is -1.00 e. The predicted octanol–water partition coefficient (Wildman–Crippen LogP) is -0.988. The molecule has 1 unspecified atom stereocenters. The van der Waals surface area contributed by atoms with Crippen molar-refractivity contribution in [1.82, 2.24) is 0 Å². The summed E-state index contributed by atoms with van der Waals surface area (Å²) >= 11 is 0. The second kappa shape index (κ2) is 5.93. The van der Waals surface area contributed by atoms with Gasteiger partial charge in [-0.1, -0.05) is 6.07 Å². The number of halogens is 1. The highest BCUT2D eigenvalue weighted by molar-refractivity contribution is 5.53. The van der Waals surface area contributed by atoms with Crippen LogP contribution in [0.15, 0.2) is 54.9 Å². The number of nitrogens with zero attached hydrogens (tertiary/aromatic N) is 2. The normalized spacial score (nSPS) is 18.1. The van der Waals surface area contributed by atoms with Gasteiger partial charge in [0.15, 0.2) is 18.4 Å². The van der Waals surface area contributed by atoms with Crippen LogP contribution in [0.3, 0.4) is 0 Å². The molecule has 1 aliphatic rings. The highest BCUT2D eigenvalue weighted by Crippen LogP contribution is 2.24. The first kappa shape index (κ1) is 13.7. The molecule has 1 fully saturated rings. The minimum absolute atomic E-state index is 0. The number of nitrogen functional groups attached to an aromatic ring is 1. The molecule has 4 heteroatoms. The summed E-state index contributed by atoms with van der Waals surface area (Å²) in [5.74, 6) is 0. The van der Waals surface area contributed by atoms with E-state index in [-0.39, 0.29) is 12.4 Å². The van der Waals surface area contributed by atoms with Gasteiger partial charge in [0.1, 0.15) is 0 Å².